The standard InChI is InChI=1S/C15H14BrFN2O2/c16-11-7-10-1-2-13(18-14(10)12(17)8-11)9-3-5-19(6-4-9)15(20)21/h1-2,7-9H,3-6H2,(H,20,21). The van der Waals surface area contributed by atoms with E-state index in [1.807, 2.05) is 18.2 Å². The lowest BCUT2D eigenvalue weighted by atomic mass is 9.93. The van der Waals surface area contributed by atoms with Crippen molar-refractivity contribution in [2.45, 2.75) is 18.8 Å². The minimum Gasteiger partial charge on any atom is -0.465 e. The fourth-order valence-corrected chi connectivity index (χ4v) is 3.21. The van der Waals surface area contributed by atoms with Crippen molar-refractivity contribution in [2.24, 2.45) is 0 Å². The highest BCUT2D eigenvalue weighted by molar-refractivity contribution is 9.10. The van der Waals surface area contributed by atoms with Crippen LogP contribution in [0.5, 0.6) is 0 Å². The summed E-state index contributed by atoms with van der Waals surface area (Å²) in [6.07, 6.45) is 0.571. The molecule has 0 radical (unpaired) electrons. The lowest BCUT2D eigenvalue weighted by Gasteiger charge is -2.29. The predicted octanol–water partition coefficient (Wildman–Crippen LogP) is 3.99. The Bertz CT molecular complexity index is 699. The summed E-state index contributed by atoms with van der Waals surface area (Å²) in [6.45, 7) is 1.01. The number of carbonyl (C=O) groups is 1. The second-order valence-electron chi connectivity index (χ2n) is 5.24. The van der Waals surface area contributed by atoms with Crippen LogP contribution >= 0.6 is 15.9 Å². The summed E-state index contributed by atoms with van der Waals surface area (Å²) in [6, 6.07) is 7.03. The van der Waals surface area contributed by atoms with Crippen molar-refractivity contribution in [1.29, 1.82) is 0 Å². The highest BCUT2D eigenvalue weighted by Crippen LogP contribution is 2.29. The Kier molecular flexibility index (Phi) is 3.80. The third kappa shape index (κ3) is 2.85. The van der Waals surface area contributed by atoms with Crippen molar-refractivity contribution in [3.63, 3.8) is 0 Å². The van der Waals surface area contributed by atoms with Gasteiger partial charge in [0.05, 0.1) is 0 Å². The molecule has 1 aromatic carbocycles. The van der Waals surface area contributed by atoms with E-state index in [2.05, 4.69) is 20.9 Å². The zero-order valence-electron chi connectivity index (χ0n) is 11.2. The Morgan fingerprint density at radius 1 is 1.33 bits per heavy atom. The first kappa shape index (κ1) is 14.3. The Hall–Kier alpha value is -1.69. The average Bonchev–Trinajstić information content (AvgIpc) is 2.47. The van der Waals surface area contributed by atoms with Gasteiger partial charge in [0.25, 0.3) is 0 Å². The number of benzene rings is 1. The highest BCUT2D eigenvalue weighted by Gasteiger charge is 2.24. The SMILES string of the molecule is O=C(O)N1CCC(c2ccc3cc(Br)cc(F)c3n2)CC1. The molecular formula is C15H14BrFN2O2. The molecule has 2 aromatic rings. The van der Waals surface area contributed by atoms with Crippen molar-refractivity contribution >= 4 is 32.9 Å². The van der Waals surface area contributed by atoms with Crippen molar-refractivity contribution in [1.82, 2.24) is 9.88 Å². The molecule has 1 aliphatic heterocycles. The van der Waals surface area contributed by atoms with Crippen molar-refractivity contribution < 1.29 is 14.3 Å². The molecule has 0 saturated carbocycles. The predicted molar refractivity (Wildman–Crippen MR) is 81.0 cm³/mol. The second-order valence-corrected chi connectivity index (χ2v) is 6.16. The maximum atomic E-state index is 14.0. The molecule has 21 heavy (non-hydrogen) atoms. The van der Waals surface area contributed by atoms with Crippen LogP contribution in [0.4, 0.5) is 9.18 Å². The number of halogens is 2. The average molecular weight is 353 g/mol. The number of pyridine rings is 1. The van der Waals surface area contributed by atoms with Gasteiger partial charge in [-0.2, -0.15) is 0 Å². The topological polar surface area (TPSA) is 53.4 Å². The number of carboxylic acid groups (broad SMARTS) is 1. The summed E-state index contributed by atoms with van der Waals surface area (Å²) in [5, 5.41) is 9.71. The zero-order chi connectivity index (χ0) is 15.0. The van der Waals surface area contributed by atoms with Crippen LogP contribution in [0.2, 0.25) is 0 Å². The maximum absolute atomic E-state index is 14.0. The van der Waals surface area contributed by atoms with Crippen LogP contribution in [0.25, 0.3) is 10.9 Å². The van der Waals surface area contributed by atoms with Crippen molar-refractivity contribution in [2.75, 3.05) is 13.1 Å². The molecule has 0 bridgehead atoms. The molecule has 6 heteroatoms. The van der Waals surface area contributed by atoms with Gasteiger partial charge in [-0.1, -0.05) is 22.0 Å². The van der Waals surface area contributed by atoms with E-state index >= 15 is 0 Å². The monoisotopic (exact) mass is 352 g/mol. The lowest BCUT2D eigenvalue weighted by Crippen LogP contribution is -2.36. The molecule has 1 amide bonds. The molecule has 3 rings (SSSR count). The van der Waals surface area contributed by atoms with E-state index in [-0.39, 0.29) is 11.7 Å². The summed E-state index contributed by atoms with van der Waals surface area (Å²) < 4.78 is 14.7. The number of likely N-dealkylation sites (tertiary alicyclic amines) is 1. The Labute approximate surface area is 129 Å². The van der Waals surface area contributed by atoms with E-state index in [9.17, 15) is 9.18 Å². The summed E-state index contributed by atoms with van der Waals surface area (Å²) in [7, 11) is 0. The third-order valence-corrected chi connectivity index (χ3v) is 4.37. The van der Waals surface area contributed by atoms with Gasteiger partial charge in [0, 0.05) is 34.6 Å². The minimum absolute atomic E-state index is 0.188. The molecule has 0 spiro atoms. The Morgan fingerprint density at radius 3 is 2.71 bits per heavy atom. The van der Waals surface area contributed by atoms with Crippen LogP contribution in [0.1, 0.15) is 24.5 Å². The minimum atomic E-state index is -0.879. The van der Waals surface area contributed by atoms with E-state index in [1.165, 1.54) is 11.0 Å². The number of rotatable bonds is 1. The van der Waals surface area contributed by atoms with Gasteiger partial charge in [0.15, 0.2) is 5.82 Å². The molecule has 4 nitrogen and oxygen atoms in total. The summed E-state index contributed by atoms with van der Waals surface area (Å²) in [4.78, 5) is 16.8. The van der Waals surface area contributed by atoms with Crippen LogP contribution in [0, 0.1) is 5.82 Å². The molecule has 0 unspecified atom stereocenters. The second kappa shape index (κ2) is 5.60. The van der Waals surface area contributed by atoms with Gasteiger partial charge in [-0.3, -0.25) is 0 Å². The maximum Gasteiger partial charge on any atom is 0.407 e. The van der Waals surface area contributed by atoms with Gasteiger partial charge >= 0.3 is 6.09 Å². The molecule has 2 heterocycles. The lowest BCUT2D eigenvalue weighted by molar-refractivity contribution is 0.132. The molecule has 1 fully saturated rings. The summed E-state index contributed by atoms with van der Waals surface area (Å²) in [5.41, 5.74) is 1.21. The van der Waals surface area contributed by atoms with Gasteiger partial charge in [0.1, 0.15) is 5.52 Å². The van der Waals surface area contributed by atoms with Crippen LogP contribution in [0.15, 0.2) is 28.7 Å². The first-order chi connectivity index (χ1) is 10.0. The van der Waals surface area contributed by atoms with E-state index in [0.717, 1.165) is 23.9 Å². The van der Waals surface area contributed by atoms with Gasteiger partial charge in [-0.25, -0.2) is 14.2 Å². The van der Waals surface area contributed by atoms with E-state index in [0.29, 0.717) is 23.1 Å². The van der Waals surface area contributed by atoms with E-state index in [4.69, 9.17) is 5.11 Å². The zero-order valence-corrected chi connectivity index (χ0v) is 12.8. The number of hydrogen-bond acceptors (Lipinski definition) is 2. The molecule has 0 aliphatic carbocycles. The number of hydrogen-bond donors (Lipinski definition) is 1. The largest absolute Gasteiger partial charge is 0.465 e. The molecule has 110 valence electrons. The van der Waals surface area contributed by atoms with Crippen LogP contribution in [-0.2, 0) is 0 Å². The molecular weight excluding hydrogens is 339 g/mol. The van der Waals surface area contributed by atoms with Crippen molar-refractivity contribution in [3.8, 4) is 0 Å². The smallest absolute Gasteiger partial charge is 0.407 e. The first-order valence-electron chi connectivity index (χ1n) is 6.78. The van der Waals surface area contributed by atoms with Crippen LogP contribution in [0.3, 0.4) is 0 Å². The van der Waals surface area contributed by atoms with Crippen LogP contribution < -0.4 is 0 Å². The quantitative estimate of drug-likeness (QED) is 0.843. The molecule has 0 atom stereocenters. The molecule has 1 saturated heterocycles. The van der Waals surface area contributed by atoms with Crippen molar-refractivity contribution in [3.05, 3.63) is 40.2 Å². The third-order valence-electron chi connectivity index (χ3n) is 3.92. The normalized spacial score (nSPS) is 16.4. The summed E-state index contributed by atoms with van der Waals surface area (Å²) in [5.74, 6) is -0.155. The fraction of sp³-hybridized carbons (Fsp3) is 0.333. The van der Waals surface area contributed by atoms with Gasteiger partial charge < -0.3 is 10.0 Å². The van der Waals surface area contributed by atoms with E-state index in [1.54, 1.807) is 0 Å². The number of amides is 1. The number of nitrogens with zero attached hydrogens (tertiary/aromatic N) is 2. The van der Waals surface area contributed by atoms with E-state index < -0.39 is 6.09 Å². The molecule has 1 aliphatic rings. The van der Waals surface area contributed by atoms with Gasteiger partial charge in [-0.15, -0.1) is 0 Å². The number of fused-ring (bicyclic) bond motifs is 1. The number of aromatic nitrogens is 1. The highest BCUT2D eigenvalue weighted by atomic mass is 79.9. The summed E-state index contributed by atoms with van der Waals surface area (Å²) >= 11 is 3.27. The van der Waals surface area contributed by atoms with Gasteiger partial charge in [-0.05, 0) is 31.0 Å². The number of piperidine rings is 1. The van der Waals surface area contributed by atoms with Gasteiger partial charge in [0.2, 0.25) is 0 Å². The Morgan fingerprint density at radius 2 is 2.05 bits per heavy atom. The fourth-order valence-electron chi connectivity index (χ4n) is 2.77. The first-order valence-corrected chi connectivity index (χ1v) is 7.57. The molecule has 1 aromatic heterocycles. The van der Waals surface area contributed by atoms with Crippen LogP contribution in [-0.4, -0.2) is 34.2 Å². The Balaban J connectivity index is 1.87. The molecule has 1 N–H and O–H groups in total.